The first-order valence-electron chi connectivity index (χ1n) is 42.7. The molecule has 0 spiro atoms. The largest absolute Gasteiger partial charge is 0.507 e. The van der Waals surface area contributed by atoms with Gasteiger partial charge in [0.25, 0.3) is 0 Å². The van der Waals surface area contributed by atoms with Gasteiger partial charge in [-0.1, -0.05) is 362 Å². The Kier molecular flexibility index (Phi) is 39.1. The van der Waals surface area contributed by atoms with Gasteiger partial charge in [0.1, 0.15) is 34.5 Å². The van der Waals surface area contributed by atoms with Crippen LogP contribution in [0.15, 0.2) is 333 Å². The summed E-state index contributed by atoms with van der Waals surface area (Å²) < 4.78 is 0. The molecule has 0 aliphatic heterocycles. The average Bonchev–Trinajstić information content (AvgIpc) is 0.783. The van der Waals surface area contributed by atoms with Crippen LogP contribution in [0.2, 0.25) is 0 Å². The van der Waals surface area contributed by atoms with Gasteiger partial charge in [0.2, 0.25) is 0 Å². The molecule has 0 bridgehead atoms. The maximum atomic E-state index is 11.1. The molecule has 662 valence electrons. The Morgan fingerprint density at radius 3 is 0.907 bits per heavy atom. The highest BCUT2D eigenvalue weighted by molar-refractivity contribution is 7.57. The highest BCUT2D eigenvalue weighted by Crippen LogP contribution is 2.38. The van der Waals surface area contributed by atoms with Crippen molar-refractivity contribution in [1.29, 1.82) is 0 Å². The van der Waals surface area contributed by atoms with E-state index in [0.29, 0.717) is 86.0 Å². The second-order valence-electron chi connectivity index (χ2n) is 33.9. The molecule has 14 aromatic carbocycles. The molecule has 0 amide bonds. The molecule has 0 aromatic heterocycles. The predicted octanol–water partition coefficient (Wildman–Crippen LogP) is 21.3. The molecule has 6 unspecified atom stereocenters. The smallest absolute Gasteiger partial charge is 0.127 e. The third-order valence-corrected chi connectivity index (χ3v) is 28.7. The number of hydrogen-bond donors (Lipinski definition) is 6. The number of aromatic hydroxyl groups is 6. The molecule has 0 radical (unpaired) electrons. The Labute approximate surface area is 776 Å². The van der Waals surface area contributed by atoms with E-state index in [4.69, 9.17) is 0 Å². The second-order valence-corrected chi connectivity index (χ2v) is 41.8. The van der Waals surface area contributed by atoms with Crippen molar-refractivity contribution in [1.82, 2.24) is 0 Å². The lowest BCUT2D eigenvalue weighted by Gasteiger charge is -2.27. The van der Waals surface area contributed by atoms with Gasteiger partial charge in [0.15, 0.2) is 0 Å². The second kappa shape index (κ2) is 49.9. The molecule has 129 heavy (non-hydrogen) atoms. The van der Waals surface area contributed by atoms with Crippen LogP contribution in [-0.4, -0.2) is 96.1 Å². The Morgan fingerprint density at radius 1 is 0.225 bits per heavy atom. The fraction of sp³-hybridized carbons (Fsp3) is 0.189. The Morgan fingerprint density at radius 2 is 0.519 bits per heavy atom. The van der Waals surface area contributed by atoms with Gasteiger partial charge in [0, 0.05) is 114 Å². The van der Waals surface area contributed by atoms with Crippen molar-refractivity contribution in [3.05, 3.63) is 381 Å². The minimum Gasteiger partial charge on any atom is -0.507 e. The number of nitrogens with zero attached hydrogens (tertiary/aromatic N) is 6. The number of aryl methyl sites for hydroxylation is 5. The normalized spacial score (nSPS) is 12.1. The predicted molar refractivity (Wildman–Crippen MR) is 574 cm³/mol. The lowest BCUT2D eigenvalue weighted by molar-refractivity contribution is 0.449. The van der Waals surface area contributed by atoms with E-state index in [1.165, 1.54) is 48.5 Å². The first-order chi connectivity index (χ1) is 61.7. The molecule has 14 aromatic rings. The molecule has 0 saturated heterocycles. The maximum absolute atomic E-state index is 11.1. The third kappa shape index (κ3) is 31.4. The zero-order valence-electron chi connectivity index (χ0n) is 77.2. The maximum Gasteiger partial charge on any atom is 0.127 e. The number of aliphatic imine (C=N–C) groups is 6. The summed E-state index contributed by atoms with van der Waals surface area (Å²) in [7, 11) is 9.55. The third-order valence-electron chi connectivity index (χ3n) is 20.4. The number of phenolic OH excluding ortho intramolecular Hbond substituents is 6. The van der Waals surface area contributed by atoms with Gasteiger partial charge in [-0.15, -0.1) is 0 Å². The fourth-order valence-electron chi connectivity index (χ4n) is 13.3. The Bertz CT molecular complexity index is 6170. The van der Waals surface area contributed by atoms with Gasteiger partial charge < -0.3 is 30.6 Å². The topological polar surface area (TPSA) is 196 Å². The minimum absolute atomic E-state index is 0.0151. The number of para-hydroxylation sites is 4. The molecule has 0 fully saturated rings. The Hall–Kier alpha value is -11.5. The van der Waals surface area contributed by atoms with E-state index in [2.05, 4.69) is 190 Å². The van der Waals surface area contributed by atoms with Crippen LogP contribution < -0.4 is 63.7 Å². The van der Waals surface area contributed by atoms with Gasteiger partial charge in [-0.25, -0.2) is 0 Å². The lowest BCUT2D eigenvalue weighted by Crippen LogP contribution is -2.21. The molecular weight excluding hydrogens is 1700 g/mol. The van der Waals surface area contributed by atoms with Crippen molar-refractivity contribution in [2.75, 3.05) is 28.2 Å². The summed E-state index contributed by atoms with van der Waals surface area (Å²) >= 11 is 0. The number of phenols is 6. The SMILES string of the molecule is CC(C)(C)c1cc(Pc2ccccc2C=Nc2ccccc2)c(O)c(C(C)(C)C)c1.CN=Cc1ccccc1Pc1cc(C)cc(C)c1O.CN=Cc1ccccc1Pc1cc(C)ccc1O.CN=Cc1ccccc1Pc1cccc(C)c1O.CN=Cc1ccccc1Pc1ccccc1O.Cc1cc(C(C)(C)C)cc(Pc2ccccc2C=Nc2ccccc2)c1O. The van der Waals surface area contributed by atoms with Crippen LogP contribution in [0.25, 0.3) is 0 Å². The summed E-state index contributed by atoms with van der Waals surface area (Å²) in [5.74, 6) is 2.35. The van der Waals surface area contributed by atoms with Crippen molar-refractivity contribution in [3.8, 4) is 34.5 Å². The van der Waals surface area contributed by atoms with Crippen molar-refractivity contribution in [2.24, 2.45) is 30.0 Å². The molecule has 14 rings (SSSR count). The molecule has 18 heteroatoms. The summed E-state index contributed by atoms with van der Waals surface area (Å²) in [6.45, 7) is 29.7. The van der Waals surface area contributed by atoms with Crippen molar-refractivity contribution < 1.29 is 30.6 Å². The van der Waals surface area contributed by atoms with E-state index in [1.807, 2.05) is 265 Å². The monoisotopic (exact) mass is 1820 g/mol. The van der Waals surface area contributed by atoms with Crippen molar-refractivity contribution >= 4 is 164 Å². The van der Waals surface area contributed by atoms with E-state index in [0.717, 1.165) is 104 Å². The van der Waals surface area contributed by atoms with Crippen molar-refractivity contribution in [3.63, 3.8) is 0 Å². The zero-order chi connectivity index (χ0) is 93.2. The van der Waals surface area contributed by atoms with E-state index < -0.39 is 0 Å². The first-order valence-corrected chi connectivity index (χ1v) is 48.7. The van der Waals surface area contributed by atoms with E-state index in [1.54, 1.807) is 40.3 Å². The number of benzene rings is 14. The first kappa shape index (κ1) is 101. The molecule has 6 atom stereocenters. The molecular formula is C111H122N6O6P6. The van der Waals surface area contributed by atoms with E-state index >= 15 is 0 Å². The van der Waals surface area contributed by atoms with Gasteiger partial charge in [-0.2, -0.15) is 0 Å². The molecule has 0 aliphatic rings. The minimum atomic E-state index is -0.126. The van der Waals surface area contributed by atoms with Crippen LogP contribution in [0.4, 0.5) is 11.4 Å². The van der Waals surface area contributed by atoms with Crippen LogP contribution in [0.3, 0.4) is 0 Å². The lowest BCUT2D eigenvalue weighted by atomic mass is 9.80. The summed E-state index contributed by atoms with van der Waals surface area (Å²) in [4.78, 5) is 25.5. The standard InChI is InChI=1S/C27H32NOP.C24H26NOP.C16H18NOP.2C15H16NOP.C14H14NOP/c1-26(2,3)20-16-22(27(4,5)6)25(29)24(17-20)30-23-15-11-10-12-19(23)18-28-21-13-8-7-9-14-21;1-17-14-19(24(2,3)4)15-22(23(17)26)27-21-13-9-8-10-18(21)16-25-20-11-6-5-7-12-20;1-11-8-12(2)16(18)15(9-11)19-14-7-5-4-6-13(14)10-17-3;1-11-6-5-9-14(15(11)17)18-13-8-4-3-7-12(13)10-16-2;1-11-7-8-13(17)15(9-11)18-14-6-4-3-5-12(14)10-16-2;1-15-10-11-6-2-4-8-13(11)17-14-9-5-3-7-12(14)16/h7-18,29-30H,1-6H3;5-16,26-27H,1-4H3;4-10,18-19H,1-3H3;2*3-10,17-18H,1-2H3;2-10,16-17H,1H3. The molecule has 12 nitrogen and oxygen atoms in total. The van der Waals surface area contributed by atoms with Crippen LogP contribution in [0.1, 0.15) is 140 Å². The van der Waals surface area contributed by atoms with Gasteiger partial charge in [-0.05, 0) is 199 Å². The summed E-state index contributed by atoms with van der Waals surface area (Å²) in [6.07, 6.45) is 11.3. The van der Waals surface area contributed by atoms with Gasteiger partial charge >= 0.3 is 0 Å². The van der Waals surface area contributed by atoms with Crippen LogP contribution in [0.5, 0.6) is 34.5 Å². The fourth-order valence-corrected chi connectivity index (χ4v) is 20.9. The van der Waals surface area contributed by atoms with E-state index in [-0.39, 0.29) is 16.2 Å². The highest BCUT2D eigenvalue weighted by atomic mass is 31.1. The quantitative estimate of drug-likeness (QED) is 0.0324. The molecule has 0 heterocycles. The summed E-state index contributed by atoms with van der Waals surface area (Å²) in [5, 5.41) is 74.7. The molecule has 0 saturated carbocycles. The molecule has 6 N–H and O–H groups in total. The Balaban J connectivity index is 0.000000177. The van der Waals surface area contributed by atoms with Gasteiger partial charge in [0.05, 0.1) is 11.4 Å². The van der Waals surface area contributed by atoms with Crippen LogP contribution in [-0.2, 0) is 16.2 Å². The molecule has 0 aliphatic carbocycles. The van der Waals surface area contributed by atoms with E-state index in [9.17, 15) is 30.6 Å². The average molecular weight is 1820 g/mol. The highest BCUT2D eigenvalue weighted by Gasteiger charge is 2.26. The summed E-state index contributed by atoms with van der Waals surface area (Å²) in [5.41, 5.74) is 17.0. The van der Waals surface area contributed by atoms with Crippen LogP contribution in [0, 0.1) is 34.6 Å². The zero-order valence-corrected chi connectivity index (χ0v) is 83.2. The number of hydrogen-bond acceptors (Lipinski definition) is 12. The van der Waals surface area contributed by atoms with Gasteiger partial charge in [-0.3, -0.25) is 30.0 Å². The summed E-state index contributed by atoms with van der Waals surface area (Å²) in [6, 6.07) is 101. The van der Waals surface area contributed by atoms with Crippen molar-refractivity contribution in [2.45, 2.75) is 113 Å². The van der Waals surface area contributed by atoms with Crippen LogP contribution >= 0.6 is 51.5 Å². The number of rotatable bonds is 20.